The summed E-state index contributed by atoms with van der Waals surface area (Å²) in [6.45, 7) is -0.309. The quantitative estimate of drug-likeness (QED) is 0.835. The predicted molar refractivity (Wildman–Crippen MR) is 59.5 cm³/mol. The third kappa shape index (κ3) is 2.73. The molecule has 88 valence electrons. The minimum atomic E-state index is -0.309. The zero-order valence-electron chi connectivity index (χ0n) is 9.37. The van der Waals surface area contributed by atoms with Crippen LogP contribution in [-0.4, -0.2) is 25.9 Å². The number of hydrogen-bond acceptors (Lipinski definition) is 3. The molecule has 1 aromatic carbocycles. The van der Waals surface area contributed by atoms with Gasteiger partial charge < -0.3 is 14.6 Å². The first-order valence-electron chi connectivity index (χ1n) is 4.85. The van der Waals surface area contributed by atoms with Crippen LogP contribution in [0.1, 0.15) is 5.56 Å². The van der Waals surface area contributed by atoms with E-state index in [1.165, 1.54) is 7.11 Å². The van der Waals surface area contributed by atoms with Gasteiger partial charge in [0.15, 0.2) is 11.5 Å². The molecule has 0 radical (unpaired) electrons. The van der Waals surface area contributed by atoms with Crippen LogP contribution in [-0.2, 0) is 6.42 Å². The van der Waals surface area contributed by atoms with Gasteiger partial charge in [-0.2, -0.15) is 0 Å². The van der Waals surface area contributed by atoms with Crippen LogP contribution in [0.3, 0.4) is 0 Å². The predicted octanol–water partition coefficient (Wildman–Crippen LogP) is 2.09. The fourth-order valence-electron chi connectivity index (χ4n) is 1.47. The molecule has 1 aromatic rings. The van der Waals surface area contributed by atoms with E-state index < -0.39 is 0 Å². The number of aliphatic hydroxyl groups is 1. The van der Waals surface area contributed by atoms with E-state index in [4.69, 9.17) is 14.6 Å². The Morgan fingerprint density at radius 3 is 2.62 bits per heavy atom. The molecule has 4 heteroatoms. The van der Waals surface area contributed by atoms with E-state index in [9.17, 15) is 4.39 Å². The molecule has 0 aliphatic carbocycles. The largest absolute Gasteiger partial charge is 0.493 e. The summed E-state index contributed by atoms with van der Waals surface area (Å²) >= 11 is 0. The van der Waals surface area contributed by atoms with Gasteiger partial charge in [-0.1, -0.05) is 12.1 Å². The van der Waals surface area contributed by atoms with Crippen LogP contribution in [0.15, 0.2) is 30.1 Å². The van der Waals surface area contributed by atoms with Gasteiger partial charge in [-0.25, -0.2) is 4.39 Å². The Hall–Kier alpha value is -1.55. The Balaban J connectivity index is 3.03. The summed E-state index contributed by atoms with van der Waals surface area (Å²) in [5.74, 6) is 1.16. The summed E-state index contributed by atoms with van der Waals surface area (Å²) in [5, 5.41) is 8.90. The Kier molecular flexibility index (Phi) is 4.79. The van der Waals surface area contributed by atoms with Crippen molar-refractivity contribution in [2.75, 3.05) is 20.8 Å². The molecule has 0 bridgehead atoms. The monoisotopic (exact) mass is 226 g/mol. The standard InChI is InChI=1S/C12H15FO3/c1-15-11-5-3-4-10(12(11)16-2)6-9(7-13)8-14/h3-5,7,14H,6,8H2,1-2H3. The molecule has 0 aliphatic rings. The molecular formula is C12H15FO3. The van der Waals surface area contributed by atoms with E-state index in [2.05, 4.69) is 0 Å². The van der Waals surface area contributed by atoms with Gasteiger partial charge in [0.05, 0.1) is 27.2 Å². The van der Waals surface area contributed by atoms with Crippen molar-refractivity contribution in [3.63, 3.8) is 0 Å². The van der Waals surface area contributed by atoms with Crippen molar-refractivity contribution in [1.29, 1.82) is 0 Å². The minimum Gasteiger partial charge on any atom is -0.493 e. The van der Waals surface area contributed by atoms with Crippen molar-refractivity contribution in [2.24, 2.45) is 0 Å². The molecule has 0 saturated heterocycles. The highest BCUT2D eigenvalue weighted by Crippen LogP contribution is 2.31. The number of para-hydroxylation sites is 1. The van der Waals surface area contributed by atoms with Gasteiger partial charge in [-0.3, -0.25) is 0 Å². The molecule has 0 heterocycles. The molecule has 0 unspecified atom stereocenters. The number of benzene rings is 1. The zero-order chi connectivity index (χ0) is 12.0. The molecule has 1 N–H and O–H groups in total. The molecule has 16 heavy (non-hydrogen) atoms. The molecule has 0 aromatic heterocycles. The first-order valence-corrected chi connectivity index (χ1v) is 4.85. The second-order valence-corrected chi connectivity index (χ2v) is 3.25. The van der Waals surface area contributed by atoms with E-state index in [-0.39, 0.29) is 6.61 Å². The van der Waals surface area contributed by atoms with Crippen molar-refractivity contribution in [3.05, 3.63) is 35.7 Å². The van der Waals surface area contributed by atoms with Crippen LogP contribution in [0.4, 0.5) is 4.39 Å². The Labute approximate surface area is 94.1 Å². The van der Waals surface area contributed by atoms with E-state index in [1.54, 1.807) is 25.3 Å². The lowest BCUT2D eigenvalue weighted by Gasteiger charge is -2.12. The minimum absolute atomic E-state index is 0.298. The van der Waals surface area contributed by atoms with Crippen LogP contribution in [0.25, 0.3) is 0 Å². The summed E-state index contributed by atoms with van der Waals surface area (Å²) in [7, 11) is 3.07. The first kappa shape index (κ1) is 12.5. The summed E-state index contributed by atoms with van der Waals surface area (Å²) in [6, 6.07) is 5.37. The number of aliphatic hydroxyl groups excluding tert-OH is 1. The maximum absolute atomic E-state index is 12.4. The van der Waals surface area contributed by atoms with E-state index in [0.717, 1.165) is 5.56 Å². The fourth-order valence-corrected chi connectivity index (χ4v) is 1.47. The average molecular weight is 226 g/mol. The number of rotatable bonds is 5. The molecule has 1 rings (SSSR count). The normalized spacial score (nSPS) is 11.4. The lowest BCUT2D eigenvalue weighted by molar-refractivity contribution is 0.324. The van der Waals surface area contributed by atoms with Gasteiger partial charge in [0.25, 0.3) is 0 Å². The number of methoxy groups -OCH3 is 2. The van der Waals surface area contributed by atoms with E-state index in [0.29, 0.717) is 29.8 Å². The zero-order valence-corrected chi connectivity index (χ0v) is 9.37. The summed E-state index contributed by atoms with van der Waals surface area (Å²) in [4.78, 5) is 0. The highest BCUT2D eigenvalue weighted by atomic mass is 19.1. The van der Waals surface area contributed by atoms with Crippen molar-refractivity contribution >= 4 is 0 Å². The van der Waals surface area contributed by atoms with Crippen molar-refractivity contribution in [3.8, 4) is 11.5 Å². The van der Waals surface area contributed by atoms with Gasteiger partial charge in [0, 0.05) is 12.0 Å². The maximum Gasteiger partial charge on any atom is 0.164 e. The van der Waals surface area contributed by atoms with Crippen LogP contribution in [0.5, 0.6) is 11.5 Å². The second-order valence-electron chi connectivity index (χ2n) is 3.25. The van der Waals surface area contributed by atoms with E-state index in [1.807, 2.05) is 0 Å². The first-order chi connectivity index (χ1) is 7.76. The molecule has 0 amide bonds. The topological polar surface area (TPSA) is 38.7 Å². The van der Waals surface area contributed by atoms with Crippen molar-refractivity contribution in [2.45, 2.75) is 6.42 Å². The number of halogens is 1. The third-order valence-electron chi connectivity index (χ3n) is 2.26. The van der Waals surface area contributed by atoms with Crippen molar-refractivity contribution in [1.82, 2.24) is 0 Å². The lowest BCUT2D eigenvalue weighted by atomic mass is 10.1. The summed E-state index contributed by atoms with van der Waals surface area (Å²) in [5.41, 5.74) is 1.08. The van der Waals surface area contributed by atoms with Gasteiger partial charge >= 0.3 is 0 Å². The third-order valence-corrected chi connectivity index (χ3v) is 2.26. The number of ether oxygens (including phenoxy) is 2. The Morgan fingerprint density at radius 1 is 1.38 bits per heavy atom. The molecule has 0 aliphatic heterocycles. The van der Waals surface area contributed by atoms with Gasteiger partial charge in [0.2, 0.25) is 0 Å². The fraction of sp³-hybridized carbons (Fsp3) is 0.333. The van der Waals surface area contributed by atoms with Crippen LogP contribution < -0.4 is 9.47 Å². The van der Waals surface area contributed by atoms with E-state index >= 15 is 0 Å². The second kappa shape index (κ2) is 6.12. The summed E-state index contributed by atoms with van der Waals surface area (Å²) < 4.78 is 22.7. The molecule has 0 spiro atoms. The Morgan fingerprint density at radius 2 is 2.12 bits per heavy atom. The maximum atomic E-state index is 12.4. The molecule has 3 nitrogen and oxygen atoms in total. The molecule has 0 atom stereocenters. The van der Waals surface area contributed by atoms with Gasteiger partial charge in [-0.15, -0.1) is 0 Å². The van der Waals surface area contributed by atoms with Gasteiger partial charge in [0.1, 0.15) is 0 Å². The average Bonchev–Trinajstić information content (AvgIpc) is 2.35. The SMILES string of the molecule is COc1cccc(CC(=CF)CO)c1OC. The highest BCUT2D eigenvalue weighted by Gasteiger charge is 2.10. The number of hydrogen-bond donors (Lipinski definition) is 1. The van der Waals surface area contributed by atoms with Crippen LogP contribution >= 0.6 is 0 Å². The molecular weight excluding hydrogens is 211 g/mol. The molecule has 0 fully saturated rings. The molecule has 0 saturated carbocycles. The van der Waals surface area contributed by atoms with Crippen molar-refractivity contribution < 1.29 is 19.0 Å². The van der Waals surface area contributed by atoms with Crippen LogP contribution in [0.2, 0.25) is 0 Å². The Bertz CT molecular complexity index is 375. The van der Waals surface area contributed by atoms with Gasteiger partial charge in [-0.05, 0) is 11.6 Å². The van der Waals surface area contributed by atoms with Crippen LogP contribution in [0, 0.1) is 0 Å². The summed E-state index contributed by atoms with van der Waals surface area (Å²) in [6.07, 6.45) is 0.715. The smallest absolute Gasteiger partial charge is 0.164 e. The lowest BCUT2D eigenvalue weighted by Crippen LogP contribution is -2.00. The highest BCUT2D eigenvalue weighted by molar-refractivity contribution is 5.47.